The second kappa shape index (κ2) is 5.20. The molecule has 1 N–H and O–H groups in total. The van der Waals surface area contributed by atoms with E-state index in [1.54, 1.807) is 0 Å². The molecule has 2 heteroatoms. The fraction of sp³-hybridized carbons (Fsp3) is 0.929. The lowest BCUT2D eigenvalue weighted by Crippen LogP contribution is -2.34. The molecule has 1 amide bonds. The molecule has 0 aromatic carbocycles. The molecule has 0 aliphatic heterocycles. The molecule has 92 valence electrons. The Balaban J connectivity index is 1.68. The second-order valence-corrected chi connectivity index (χ2v) is 6.04. The fourth-order valence-electron chi connectivity index (χ4n) is 2.76. The maximum Gasteiger partial charge on any atom is 0.223 e. The van der Waals surface area contributed by atoms with Crippen molar-refractivity contribution in [2.45, 2.75) is 52.4 Å². The van der Waals surface area contributed by atoms with E-state index in [0.717, 1.165) is 37.1 Å². The maximum atomic E-state index is 11.9. The summed E-state index contributed by atoms with van der Waals surface area (Å²) in [5.74, 6) is 3.08. The molecular formula is C14H25NO. The van der Waals surface area contributed by atoms with E-state index in [1.807, 2.05) is 0 Å². The largest absolute Gasteiger partial charge is 0.356 e. The highest BCUT2D eigenvalue weighted by Gasteiger charge is 2.28. The van der Waals surface area contributed by atoms with Crippen molar-refractivity contribution in [2.24, 2.45) is 23.7 Å². The minimum atomic E-state index is 0.314. The summed E-state index contributed by atoms with van der Waals surface area (Å²) in [6.45, 7) is 5.54. The van der Waals surface area contributed by atoms with Gasteiger partial charge in [-0.05, 0) is 56.3 Å². The Morgan fingerprint density at radius 1 is 1.12 bits per heavy atom. The molecule has 0 bridgehead atoms. The van der Waals surface area contributed by atoms with Gasteiger partial charge < -0.3 is 5.32 Å². The van der Waals surface area contributed by atoms with E-state index >= 15 is 0 Å². The lowest BCUT2D eigenvalue weighted by Gasteiger charge is -2.30. The number of carbonyl (C=O) groups excluding carboxylic acids is 1. The molecule has 16 heavy (non-hydrogen) atoms. The smallest absolute Gasteiger partial charge is 0.223 e. The molecule has 2 aliphatic rings. The van der Waals surface area contributed by atoms with Crippen LogP contribution in [0.2, 0.25) is 0 Å². The normalized spacial score (nSPS) is 30.4. The van der Waals surface area contributed by atoms with Gasteiger partial charge >= 0.3 is 0 Å². The van der Waals surface area contributed by atoms with Gasteiger partial charge in [-0.2, -0.15) is 0 Å². The van der Waals surface area contributed by atoms with Gasteiger partial charge in [-0.1, -0.05) is 13.8 Å². The van der Waals surface area contributed by atoms with Gasteiger partial charge in [0.15, 0.2) is 0 Å². The maximum absolute atomic E-state index is 11.9. The third kappa shape index (κ3) is 3.23. The van der Waals surface area contributed by atoms with E-state index in [9.17, 15) is 4.79 Å². The van der Waals surface area contributed by atoms with Crippen molar-refractivity contribution in [3.63, 3.8) is 0 Å². The predicted molar refractivity (Wildman–Crippen MR) is 66.0 cm³/mol. The lowest BCUT2D eigenvalue weighted by atomic mass is 9.77. The van der Waals surface area contributed by atoms with Gasteiger partial charge in [0.1, 0.15) is 0 Å². The zero-order valence-electron chi connectivity index (χ0n) is 10.7. The van der Waals surface area contributed by atoms with Gasteiger partial charge in [-0.25, -0.2) is 0 Å². The summed E-state index contributed by atoms with van der Waals surface area (Å²) in [6.07, 6.45) is 7.36. The van der Waals surface area contributed by atoms with Gasteiger partial charge in [0.25, 0.3) is 0 Å². The van der Waals surface area contributed by atoms with E-state index in [-0.39, 0.29) is 0 Å². The third-order valence-electron chi connectivity index (χ3n) is 4.35. The minimum Gasteiger partial charge on any atom is -0.356 e. The van der Waals surface area contributed by atoms with E-state index in [0.29, 0.717) is 11.8 Å². The predicted octanol–water partition coefficient (Wildman–Crippen LogP) is 2.98. The number of carbonyl (C=O) groups is 1. The number of hydrogen-bond donors (Lipinski definition) is 1. The average Bonchev–Trinajstić information content (AvgIpc) is 3.10. The van der Waals surface area contributed by atoms with Crippen LogP contribution in [0.4, 0.5) is 0 Å². The summed E-state index contributed by atoms with van der Waals surface area (Å²) in [4.78, 5) is 11.9. The Kier molecular flexibility index (Phi) is 3.88. The number of amides is 1. The van der Waals surface area contributed by atoms with Crippen LogP contribution in [-0.4, -0.2) is 12.5 Å². The van der Waals surface area contributed by atoms with Crippen molar-refractivity contribution >= 4 is 5.91 Å². The monoisotopic (exact) mass is 223 g/mol. The van der Waals surface area contributed by atoms with Gasteiger partial charge in [0.2, 0.25) is 5.91 Å². The minimum absolute atomic E-state index is 0.314. The molecule has 2 aliphatic carbocycles. The molecule has 0 saturated heterocycles. The van der Waals surface area contributed by atoms with Crippen LogP contribution in [-0.2, 0) is 4.79 Å². The quantitative estimate of drug-likeness (QED) is 0.780. The molecular weight excluding hydrogens is 198 g/mol. The first-order valence-corrected chi connectivity index (χ1v) is 6.94. The first-order valence-electron chi connectivity index (χ1n) is 6.94. The molecule has 0 spiro atoms. The molecule has 2 saturated carbocycles. The van der Waals surface area contributed by atoms with E-state index < -0.39 is 0 Å². The lowest BCUT2D eigenvalue weighted by molar-refractivity contribution is -0.126. The fourth-order valence-corrected chi connectivity index (χ4v) is 2.76. The number of hydrogen-bond acceptors (Lipinski definition) is 1. The van der Waals surface area contributed by atoms with Crippen molar-refractivity contribution in [3.05, 3.63) is 0 Å². The van der Waals surface area contributed by atoms with Crippen LogP contribution >= 0.6 is 0 Å². The zero-order valence-corrected chi connectivity index (χ0v) is 10.7. The molecule has 0 aromatic heterocycles. The summed E-state index contributed by atoms with van der Waals surface area (Å²) in [5, 5.41) is 3.12. The highest BCUT2D eigenvalue weighted by atomic mass is 16.1. The first kappa shape index (κ1) is 11.9. The highest BCUT2D eigenvalue weighted by Crippen LogP contribution is 2.33. The van der Waals surface area contributed by atoms with Crippen molar-refractivity contribution < 1.29 is 4.79 Å². The first-order chi connectivity index (χ1) is 7.66. The molecule has 2 nitrogen and oxygen atoms in total. The standard InChI is InChI=1S/C14H25NO/c1-10(2)12-5-7-13(8-6-12)14(16)15-9-11-3-4-11/h10-13H,3-9H2,1-2H3,(H,15,16). The van der Waals surface area contributed by atoms with E-state index in [4.69, 9.17) is 0 Å². The number of rotatable bonds is 4. The summed E-state index contributed by atoms with van der Waals surface area (Å²) >= 11 is 0. The van der Waals surface area contributed by atoms with Crippen LogP contribution in [0, 0.1) is 23.7 Å². The summed E-state index contributed by atoms with van der Waals surface area (Å²) in [5.41, 5.74) is 0. The topological polar surface area (TPSA) is 29.1 Å². The number of nitrogens with one attached hydrogen (secondary N) is 1. The second-order valence-electron chi connectivity index (χ2n) is 6.04. The Bertz CT molecular complexity index is 237. The van der Waals surface area contributed by atoms with Gasteiger partial charge in [-0.15, -0.1) is 0 Å². The Hall–Kier alpha value is -0.530. The van der Waals surface area contributed by atoms with Crippen molar-refractivity contribution in [1.82, 2.24) is 5.32 Å². The average molecular weight is 223 g/mol. The van der Waals surface area contributed by atoms with Gasteiger partial charge in [-0.3, -0.25) is 4.79 Å². The van der Waals surface area contributed by atoms with Gasteiger partial charge in [0.05, 0.1) is 0 Å². The zero-order chi connectivity index (χ0) is 11.5. The third-order valence-corrected chi connectivity index (χ3v) is 4.35. The van der Waals surface area contributed by atoms with Gasteiger partial charge in [0, 0.05) is 12.5 Å². The van der Waals surface area contributed by atoms with Crippen LogP contribution in [0.15, 0.2) is 0 Å². The molecule has 0 aromatic rings. The van der Waals surface area contributed by atoms with Crippen LogP contribution in [0.3, 0.4) is 0 Å². The van der Waals surface area contributed by atoms with Crippen molar-refractivity contribution in [1.29, 1.82) is 0 Å². The Morgan fingerprint density at radius 3 is 2.25 bits per heavy atom. The molecule has 2 rings (SSSR count). The SMILES string of the molecule is CC(C)C1CCC(C(=O)NCC2CC2)CC1. The van der Waals surface area contributed by atoms with E-state index in [1.165, 1.54) is 25.7 Å². The highest BCUT2D eigenvalue weighted by molar-refractivity contribution is 5.78. The van der Waals surface area contributed by atoms with Crippen LogP contribution in [0.25, 0.3) is 0 Å². The summed E-state index contributed by atoms with van der Waals surface area (Å²) < 4.78 is 0. The Labute approximate surface area is 99.2 Å². The summed E-state index contributed by atoms with van der Waals surface area (Å²) in [6, 6.07) is 0. The van der Waals surface area contributed by atoms with Crippen LogP contribution in [0.1, 0.15) is 52.4 Å². The van der Waals surface area contributed by atoms with Crippen LogP contribution in [0.5, 0.6) is 0 Å². The summed E-state index contributed by atoms with van der Waals surface area (Å²) in [7, 11) is 0. The molecule has 2 fully saturated rings. The van der Waals surface area contributed by atoms with Crippen molar-refractivity contribution in [3.8, 4) is 0 Å². The molecule has 0 radical (unpaired) electrons. The van der Waals surface area contributed by atoms with Crippen molar-refractivity contribution in [2.75, 3.05) is 6.54 Å². The molecule has 0 heterocycles. The van der Waals surface area contributed by atoms with E-state index in [2.05, 4.69) is 19.2 Å². The molecule has 0 unspecified atom stereocenters. The molecule has 0 atom stereocenters. The Morgan fingerprint density at radius 2 is 1.75 bits per heavy atom. The van der Waals surface area contributed by atoms with Crippen LogP contribution < -0.4 is 5.32 Å².